The number of anilines is 3. The van der Waals surface area contributed by atoms with Gasteiger partial charge < -0.3 is 15.1 Å². The Balaban J connectivity index is 1.47. The Hall–Kier alpha value is -2.53. The van der Waals surface area contributed by atoms with Crippen LogP contribution in [0.4, 0.5) is 17.1 Å². The lowest BCUT2D eigenvalue weighted by Gasteiger charge is -2.35. The first-order valence-corrected chi connectivity index (χ1v) is 10.3. The number of amides is 1. The Bertz CT molecular complexity index is 762. The highest BCUT2D eigenvalue weighted by atomic mass is 16.2. The Morgan fingerprint density at radius 3 is 2.29 bits per heavy atom. The van der Waals surface area contributed by atoms with Crippen molar-refractivity contribution >= 4 is 23.0 Å². The molecule has 28 heavy (non-hydrogen) atoms. The predicted molar refractivity (Wildman–Crippen MR) is 118 cm³/mol. The summed E-state index contributed by atoms with van der Waals surface area (Å²) in [6.45, 7) is 12.6. The summed E-state index contributed by atoms with van der Waals surface area (Å²) in [5.74, 6) is 0.0552. The lowest BCUT2D eigenvalue weighted by atomic mass is 10.2. The van der Waals surface area contributed by atoms with Crippen LogP contribution in [0.2, 0.25) is 0 Å². The summed E-state index contributed by atoms with van der Waals surface area (Å²) in [7, 11) is 0. The highest BCUT2D eigenvalue weighted by Gasteiger charge is 2.19. The summed E-state index contributed by atoms with van der Waals surface area (Å²) in [5.41, 5.74) is 4.61. The van der Waals surface area contributed by atoms with Crippen LogP contribution in [-0.4, -0.2) is 56.6 Å². The minimum absolute atomic E-state index is 0.0552. The van der Waals surface area contributed by atoms with E-state index >= 15 is 0 Å². The summed E-state index contributed by atoms with van der Waals surface area (Å²) in [5, 5.41) is 3.03. The number of hydrogen-bond donors (Lipinski definition) is 1. The van der Waals surface area contributed by atoms with E-state index in [4.69, 9.17) is 0 Å². The van der Waals surface area contributed by atoms with Gasteiger partial charge in [0.1, 0.15) is 0 Å². The SMILES string of the molecule is CCN(CC)c1ccc(NC(=O)CN2CCN(c3cccc(C)c3)CC2)cc1. The van der Waals surface area contributed by atoms with Gasteiger partial charge in [-0.25, -0.2) is 0 Å². The number of rotatable bonds is 7. The van der Waals surface area contributed by atoms with Gasteiger partial charge in [-0.05, 0) is 62.7 Å². The number of carbonyl (C=O) groups excluding carboxylic acids is 1. The molecule has 3 rings (SSSR count). The van der Waals surface area contributed by atoms with Crippen LogP contribution in [0.3, 0.4) is 0 Å². The van der Waals surface area contributed by atoms with Gasteiger partial charge in [-0.1, -0.05) is 12.1 Å². The van der Waals surface area contributed by atoms with Gasteiger partial charge in [0.15, 0.2) is 0 Å². The standard InChI is InChI=1S/C23H32N4O/c1-4-26(5-2)21-11-9-20(10-12-21)24-23(28)18-25-13-15-27(16-14-25)22-8-6-7-19(3)17-22/h6-12,17H,4-5,13-16,18H2,1-3H3,(H,24,28). The largest absolute Gasteiger partial charge is 0.372 e. The summed E-state index contributed by atoms with van der Waals surface area (Å²) >= 11 is 0. The van der Waals surface area contributed by atoms with Crippen molar-refractivity contribution < 1.29 is 4.79 Å². The van der Waals surface area contributed by atoms with Gasteiger partial charge in [-0.3, -0.25) is 9.69 Å². The molecule has 0 atom stereocenters. The number of benzene rings is 2. The topological polar surface area (TPSA) is 38.8 Å². The van der Waals surface area contributed by atoms with Crippen molar-refractivity contribution in [2.45, 2.75) is 20.8 Å². The molecule has 2 aromatic rings. The molecule has 1 aliphatic heterocycles. The van der Waals surface area contributed by atoms with Gasteiger partial charge in [0, 0.05) is 56.3 Å². The quantitative estimate of drug-likeness (QED) is 0.797. The van der Waals surface area contributed by atoms with Gasteiger partial charge in [0.2, 0.25) is 5.91 Å². The number of hydrogen-bond acceptors (Lipinski definition) is 4. The van der Waals surface area contributed by atoms with Gasteiger partial charge in [0.05, 0.1) is 6.54 Å². The van der Waals surface area contributed by atoms with Crippen LogP contribution in [0.15, 0.2) is 48.5 Å². The predicted octanol–water partition coefficient (Wildman–Crippen LogP) is 3.60. The number of nitrogens with zero attached hydrogens (tertiary/aromatic N) is 3. The molecule has 1 amide bonds. The van der Waals surface area contributed by atoms with Crippen LogP contribution in [-0.2, 0) is 4.79 Å². The molecule has 1 saturated heterocycles. The van der Waals surface area contributed by atoms with Gasteiger partial charge in [0.25, 0.3) is 0 Å². The molecular formula is C23H32N4O. The van der Waals surface area contributed by atoms with E-state index in [9.17, 15) is 4.79 Å². The highest BCUT2D eigenvalue weighted by Crippen LogP contribution is 2.19. The number of nitrogens with one attached hydrogen (secondary N) is 1. The molecule has 1 heterocycles. The van der Waals surface area contributed by atoms with Crippen molar-refractivity contribution in [3.8, 4) is 0 Å². The minimum Gasteiger partial charge on any atom is -0.372 e. The molecule has 0 aromatic heterocycles. The second-order valence-corrected chi connectivity index (χ2v) is 7.37. The number of carbonyl (C=O) groups is 1. The first-order chi connectivity index (χ1) is 13.6. The summed E-state index contributed by atoms with van der Waals surface area (Å²) < 4.78 is 0. The summed E-state index contributed by atoms with van der Waals surface area (Å²) in [4.78, 5) is 19.3. The Kier molecular flexibility index (Phi) is 6.93. The van der Waals surface area contributed by atoms with Crippen LogP contribution in [0.25, 0.3) is 0 Å². The summed E-state index contributed by atoms with van der Waals surface area (Å²) in [6.07, 6.45) is 0. The maximum atomic E-state index is 12.4. The molecule has 2 aromatic carbocycles. The molecule has 5 nitrogen and oxygen atoms in total. The van der Waals surface area contributed by atoms with Crippen molar-refractivity contribution in [3.63, 3.8) is 0 Å². The molecule has 0 aliphatic carbocycles. The van der Waals surface area contributed by atoms with Crippen molar-refractivity contribution in [2.75, 3.05) is 60.9 Å². The second-order valence-electron chi connectivity index (χ2n) is 7.37. The summed E-state index contributed by atoms with van der Waals surface area (Å²) in [6, 6.07) is 16.7. The van der Waals surface area contributed by atoms with E-state index in [0.29, 0.717) is 6.54 Å². The molecule has 5 heteroatoms. The van der Waals surface area contributed by atoms with Crippen LogP contribution in [0.5, 0.6) is 0 Å². The maximum absolute atomic E-state index is 12.4. The van der Waals surface area contributed by atoms with Crippen LogP contribution < -0.4 is 15.1 Å². The van der Waals surface area contributed by atoms with Crippen molar-refractivity contribution in [1.29, 1.82) is 0 Å². The van der Waals surface area contributed by atoms with Crippen LogP contribution in [0.1, 0.15) is 19.4 Å². The van der Waals surface area contributed by atoms with Crippen molar-refractivity contribution in [2.24, 2.45) is 0 Å². The van der Waals surface area contributed by atoms with E-state index in [1.807, 2.05) is 12.1 Å². The smallest absolute Gasteiger partial charge is 0.238 e. The lowest BCUT2D eigenvalue weighted by molar-refractivity contribution is -0.117. The van der Waals surface area contributed by atoms with Crippen LogP contribution >= 0.6 is 0 Å². The molecule has 150 valence electrons. The number of piperazine rings is 1. The first kappa shape index (κ1) is 20.2. The van der Waals surface area contributed by atoms with Gasteiger partial charge in [-0.2, -0.15) is 0 Å². The molecule has 0 saturated carbocycles. The number of aryl methyl sites for hydroxylation is 1. The average molecular weight is 381 g/mol. The Labute approximate surface area is 168 Å². The van der Waals surface area contributed by atoms with E-state index in [0.717, 1.165) is 45.0 Å². The molecular weight excluding hydrogens is 348 g/mol. The molecule has 1 fully saturated rings. The Morgan fingerprint density at radius 1 is 1.00 bits per heavy atom. The monoisotopic (exact) mass is 380 g/mol. The lowest BCUT2D eigenvalue weighted by Crippen LogP contribution is -2.48. The maximum Gasteiger partial charge on any atom is 0.238 e. The van der Waals surface area contributed by atoms with E-state index in [2.05, 4.69) is 77.2 Å². The zero-order chi connectivity index (χ0) is 19.9. The third kappa shape index (κ3) is 5.26. The highest BCUT2D eigenvalue weighted by molar-refractivity contribution is 5.92. The second kappa shape index (κ2) is 9.60. The third-order valence-electron chi connectivity index (χ3n) is 5.39. The fourth-order valence-corrected chi connectivity index (χ4v) is 3.74. The molecule has 1 aliphatic rings. The molecule has 0 unspecified atom stereocenters. The Morgan fingerprint density at radius 2 is 1.68 bits per heavy atom. The fourth-order valence-electron chi connectivity index (χ4n) is 3.74. The van der Waals surface area contributed by atoms with E-state index in [1.165, 1.54) is 16.9 Å². The zero-order valence-corrected chi connectivity index (χ0v) is 17.3. The van der Waals surface area contributed by atoms with Gasteiger partial charge >= 0.3 is 0 Å². The fraction of sp³-hybridized carbons (Fsp3) is 0.435. The third-order valence-corrected chi connectivity index (χ3v) is 5.39. The van der Waals surface area contributed by atoms with E-state index in [-0.39, 0.29) is 5.91 Å². The molecule has 1 N–H and O–H groups in total. The molecule has 0 bridgehead atoms. The van der Waals surface area contributed by atoms with E-state index < -0.39 is 0 Å². The van der Waals surface area contributed by atoms with Crippen molar-refractivity contribution in [1.82, 2.24) is 4.90 Å². The normalized spacial score (nSPS) is 14.8. The molecule has 0 radical (unpaired) electrons. The van der Waals surface area contributed by atoms with Gasteiger partial charge in [-0.15, -0.1) is 0 Å². The molecule has 0 spiro atoms. The van der Waals surface area contributed by atoms with E-state index in [1.54, 1.807) is 0 Å². The van der Waals surface area contributed by atoms with Crippen LogP contribution in [0, 0.1) is 6.92 Å². The zero-order valence-electron chi connectivity index (χ0n) is 17.3. The van der Waals surface area contributed by atoms with Crippen molar-refractivity contribution in [3.05, 3.63) is 54.1 Å². The first-order valence-electron chi connectivity index (χ1n) is 10.3. The average Bonchev–Trinajstić information content (AvgIpc) is 2.71. The minimum atomic E-state index is 0.0552.